The van der Waals surface area contributed by atoms with E-state index in [2.05, 4.69) is 26.5 Å². The van der Waals surface area contributed by atoms with Crippen LogP contribution in [0.2, 0.25) is 0 Å². The highest BCUT2D eigenvalue weighted by Gasteiger charge is 2.41. The number of hydrogen-bond donors (Lipinski definition) is 1. The lowest BCUT2D eigenvalue weighted by atomic mass is 9.59. The van der Waals surface area contributed by atoms with Crippen LogP contribution in [0.5, 0.6) is 0 Å². The molecular weight excluding hydrogens is 182 g/mol. The first-order valence-electron chi connectivity index (χ1n) is 6.54. The van der Waals surface area contributed by atoms with Gasteiger partial charge < -0.3 is 5.73 Å². The molecule has 0 aromatic heterocycles. The van der Waals surface area contributed by atoms with Crippen molar-refractivity contribution >= 4 is 0 Å². The summed E-state index contributed by atoms with van der Waals surface area (Å²) < 4.78 is 0. The van der Waals surface area contributed by atoms with E-state index in [4.69, 9.17) is 5.73 Å². The van der Waals surface area contributed by atoms with Crippen molar-refractivity contribution in [3.63, 3.8) is 0 Å². The van der Waals surface area contributed by atoms with Crippen LogP contribution < -0.4 is 5.73 Å². The molecule has 88 valence electrons. The predicted octanol–water partition coefficient (Wildman–Crippen LogP) is 3.74. The van der Waals surface area contributed by atoms with Crippen LogP contribution in [-0.2, 0) is 0 Å². The van der Waals surface area contributed by atoms with Crippen molar-refractivity contribution in [3.05, 3.63) is 12.7 Å². The smallest absolute Gasteiger partial charge is 0.00434 e. The molecule has 0 amide bonds. The molecule has 1 aliphatic rings. The topological polar surface area (TPSA) is 26.0 Å². The van der Waals surface area contributed by atoms with E-state index in [9.17, 15) is 0 Å². The lowest BCUT2D eigenvalue weighted by Crippen LogP contribution is -2.41. The van der Waals surface area contributed by atoms with Crippen molar-refractivity contribution in [1.82, 2.24) is 0 Å². The standard InChI is InChI=1S/C14H27N/c1-4-12(3)14(13(5-2)11-15)9-7-6-8-10-14/h4,12-13H,1,5-11,15H2,2-3H3. The molecule has 2 N–H and O–H groups in total. The third-order valence-electron chi connectivity index (χ3n) is 4.64. The van der Waals surface area contributed by atoms with Crippen LogP contribution in [0.3, 0.4) is 0 Å². The van der Waals surface area contributed by atoms with E-state index in [0.29, 0.717) is 17.3 Å². The molecule has 1 heteroatoms. The van der Waals surface area contributed by atoms with Crippen molar-refractivity contribution in [1.29, 1.82) is 0 Å². The summed E-state index contributed by atoms with van der Waals surface area (Å²) in [6, 6.07) is 0. The average Bonchev–Trinajstić information content (AvgIpc) is 2.30. The average molecular weight is 209 g/mol. The summed E-state index contributed by atoms with van der Waals surface area (Å²) in [4.78, 5) is 0. The summed E-state index contributed by atoms with van der Waals surface area (Å²) in [5.74, 6) is 1.30. The molecule has 1 rings (SSSR count). The van der Waals surface area contributed by atoms with Crippen molar-refractivity contribution in [3.8, 4) is 0 Å². The maximum absolute atomic E-state index is 5.96. The molecule has 0 radical (unpaired) electrons. The van der Waals surface area contributed by atoms with Crippen molar-refractivity contribution in [2.75, 3.05) is 6.54 Å². The van der Waals surface area contributed by atoms with Crippen LogP contribution >= 0.6 is 0 Å². The van der Waals surface area contributed by atoms with Gasteiger partial charge in [0.2, 0.25) is 0 Å². The van der Waals surface area contributed by atoms with Crippen LogP contribution in [0, 0.1) is 17.3 Å². The van der Waals surface area contributed by atoms with Gasteiger partial charge in [-0.25, -0.2) is 0 Å². The summed E-state index contributed by atoms with van der Waals surface area (Å²) >= 11 is 0. The van der Waals surface area contributed by atoms with E-state index in [1.807, 2.05) is 0 Å². The Hall–Kier alpha value is -0.300. The second-order valence-corrected chi connectivity index (χ2v) is 5.16. The summed E-state index contributed by atoms with van der Waals surface area (Å²) in [5.41, 5.74) is 6.42. The minimum Gasteiger partial charge on any atom is -0.330 e. The maximum atomic E-state index is 5.96. The summed E-state index contributed by atoms with van der Waals surface area (Å²) in [7, 11) is 0. The number of allylic oxidation sites excluding steroid dienone is 1. The van der Waals surface area contributed by atoms with E-state index in [0.717, 1.165) is 6.54 Å². The quantitative estimate of drug-likeness (QED) is 0.686. The second kappa shape index (κ2) is 5.69. The van der Waals surface area contributed by atoms with E-state index >= 15 is 0 Å². The van der Waals surface area contributed by atoms with Crippen molar-refractivity contribution in [2.45, 2.75) is 52.4 Å². The molecule has 15 heavy (non-hydrogen) atoms. The summed E-state index contributed by atoms with van der Waals surface area (Å²) in [5, 5.41) is 0. The van der Waals surface area contributed by atoms with Crippen molar-refractivity contribution in [2.24, 2.45) is 23.0 Å². The Labute approximate surface area is 95.1 Å². The highest BCUT2D eigenvalue weighted by atomic mass is 14.6. The maximum Gasteiger partial charge on any atom is -0.00434 e. The monoisotopic (exact) mass is 209 g/mol. The number of rotatable bonds is 5. The van der Waals surface area contributed by atoms with Gasteiger partial charge in [-0.05, 0) is 36.6 Å². The van der Waals surface area contributed by atoms with E-state index < -0.39 is 0 Å². The van der Waals surface area contributed by atoms with Crippen LogP contribution in [0.25, 0.3) is 0 Å². The summed E-state index contributed by atoms with van der Waals surface area (Å²) in [6.45, 7) is 9.44. The molecule has 1 nitrogen and oxygen atoms in total. The highest BCUT2D eigenvalue weighted by molar-refractivity contribution is 4.98. The molecule has 0 aromatic carbocycles. The van der Waals surface area contributed by atoms with E-state index in [1.165, 1.54) is 38.5 Å². The number of hydrogen-bond acceptors (Lipinski definition) is 1. The Morgan fingerprint density at radius 1 is 1.33 bits per heavy atom. The fourth-order valence-corrected chi connectivity index (χ4v) is 3.49. The molecule has 0 aliphatic heterocycles. The van der Waals surface area contributed by atoms with Gasteiger partial charge in [-0.15, -0.1) is 6.58 Å². The van der Waals surface area contributed by atoms with E-state index in [-0.39, 0.29) is 0 Å². The van der Waals surface area contributed by atoms with Gasteiger partial charge in [0.1, 0.15) is 0 Å². The molecule has 0 bridgehead atoms. The largest absolute Gasteiger partial charge is 0.330 e. The minimum absolute atomic E-state index is 0.462. The van der Waals surface area contributed by atoms with Gasteiger partial charge in [0.05, 0.1) is 0 Å². The Morgan fingerprint density at radius 2 is 1.93 bits per heavy atom. The van der Waals surface area contributed by atoms with Crippen LogP contribution in [0.1, 0.15) is 52.4 Å². The van der Waals surface area contributed by atoms with Crippen molar-refractivity contribution < 1.29 is 0 Å². The highest BCUT2D eigenvalue weighted by Crippen LogP contribution is 2.49. The Kier molecular flexibility index (Phi) is 4.85. The molecule has 0 spiro atoms. The predicted molar refractivity (Wildman–Crippen MR) is 67.7 cm³/mol. The summed E-state index contributed by atoms with van der Waals surface area (Å²) in [6.07, 6.45) is 10.3. The molecule has 2 unspecified atom stereocenters. The van der Waals surface area contributed by atoms with Crippen LogP contribution in [-0.4, -0.2) is 6.54 Å². The van der Waals surface area contributed by atoms with Gasteiger partial charge in [-0.1, -0.05) is 45.6 Å². The van der Waals surface area contributed by atoms with Gasteiger partial charge in [0.15, 0.2) is 0 Å². The third-order valence-corrected chi connectivity index (χ3v) is 4.64. The molecule has 1 fully saturated rings. The minimum atomic E-state index is 0.462. The zero-order valence-electron chi connectivity index (χ0n) is 10.5. The lowest BCUT2D eigenvalue weighted by Gasteiger charge is -2.47. The molecule has 1 saturated carbocycles. The zero-order valence-corrected chi connectivity index (χ0v) is 10.5. The fraction of sp³-hybridized carbons (Fsp3) is 0.857. The normalized spacial score (nSPS) is 24.5. The molecule has 0 heterocycles. The lowest BCUT2D eigenvalue weighted by molar-refractivity contribution is 0.0548. The first kappa shape index (κ1) is 12.8. The second-order valence-electron chi connectivity index (χ2n) is 5.16. The van der Waals surface area contributed by atoms with E-state index in [1.54, 1.807) is 0 Å². The Balaban J connectivity index is 2.87. The van der Waals surface area contributed by atoms with Gasteiger partial charge in [0, 0.05) is 0 Å². The van der Waals surface area contributed by atoms with Crippen LogP contribution in [0.15, 0.2) is 12.7 Å². The molecular formula is C14H27N. The first-order valence-corrected chi connectivity index (χ1v) is 6.54. The van der Waals surface area contributed by atoms with Gasteiger partial charge in [-0.3, -0.25) is 0 Å². The van der Waals surface area contributed by atoms with Gasteiger partial charge in [0.25, 0.3) is 0 Å². The fourth-order valence-electron chi connectivity index (χ4n) is 3.49. The van der Waals surface area contributed by atoms with Crippen LogP contribution in [0.4, 0.5) is 0 Å². The SMILES string of the molecule is C=CC(C)C1(C(CC)CN)CCCCC1. The molecule has 1 aliphatic carbocycles. The zero-order chi connectivity index (χ0) is 11.3. The van der Waals surface area contributed by atoms with Gasteiger partial charge >= 0.3 is 0 Å². The third kappa shape index (κ3) is 2.44. The Morgan fingerprint density at radius 3 is 2.33 bits per heavy atom. The molecule has 0 saturated heterocycles. The molecule has 2 atom stereocenters. The number of nitrogens with two attached hydrogens (primary N) is 1. The Bertz CT molecular complexity index is 188. The van der Waals surface area contributed by atoms with Gasteiger partial charge in [-0.2, -0.15) is 0 Å². The first-order chi connectivity index (χ1) is 7.21. The molecule has 0 aromatic rings.